The molecule has 2 saturated heterocycles. The Morgan fingerprint density at radius 2 is 2.00 bits per heavy atom. The Balaban J connectivity index is 1.88. The normalized spacial score (nSPS) is 27.4. The second kappa shape index (κ2) is 4.97. The predicted molar refractivity (Wildman–Crippen MR) is 78.0 cm³/mol. The molecule has 3 heteroatoms. The lowest BCUT2D eigenvalue weighted by Crippen LogP contribution is -2.37. The fourth-order valence-electron chi connectivity index (χ4n) is 3.58. The maximum atomic E-state index is 11.3. The molecule has 1 aromatic carbocycles. The van der Waals surface area contributed by atoms with Crippen LogP contribution in [0.15, 0.2) is 18.2 Å². The molecule has 2 fully saturated rings. The van der Waals surface area contributed by atoms with Gasteiger partial charge in [0.25, 0.3) is 0 Å². The molecule has 0 aromatic heterocycles. The van der Waals surface area contributed by atoms with Gasteiger partial charge < -0.3 is 4.90 Å². The van der Waals surface area contributed by atoms with Gasteiger partial charge in [-0.2, -0.15) is 0 Å². The van der Waals surface area contributed by atoms with Crippen LogP contribution in [0.25, 0.3) is 0 Å². The van der Waals surface area contributed by atoms with Gasteiger partial charge in [0.1, 0.15) is 0 Å². The fraction of sp³-hybridized carbons (Fsp3) is 0.562. The van der Waals surface area contributed by atoms with E-state index in [2.05, 4.69) is 29.0 Å². The van der Waals surface area contributed by atoms with Crippen molar-refractivity contribution in [3.63, 3.8) is 0 Å². The zero-order valence-electron chi connectivity index (χ0n) is 11.8. The maximum Gasteiger partial charge on any atom is 0.152 e. The summed E-state index contributed by atoms with van der Waals surface area (Å²) in [5.74, 6) is 0. The van der Waals surface area contributed by atoms with Crippen molar-refractivity contribution in [2.24, 2.45) is 0 Å². The largest absolute Gasteiger partial charge is 0.369 e. The maximum absolute atomic E-state index is 11.3. The fourth-order valence-corrected chi connectivity index (χ4v) is 3.58. The van der Waals surface area contributed by atoms with Crippen molar-refractivity contribution < 1.29 is 4.79 Å². The number of aldehydes is 1. The first kappa shape index (κ1) is 12.7. The van der Waals surface area contributed by atoms with Crippen LogP contribution in [0.5, 0.6) is 0 Å². The Kier molecular flexibility index (Phi) is 3.31. The minimum Gasteiger partial charge on any atom is -0.369 e. The molecule has 2 aliphatic rings. The van der Waals surface area contributed by atoms with E-state index in [1.165, 1.54) is 19.3 Å². The van der Waals surface area contributed by atoms with Crippen LogP contribution in [0.4, 0.5) is 5.69 Å². The van der Waals surface area contributed by atoms with Gasteiger partial charge in [-0.25, -0.2) is 0 Å². The van der Waals surface area contributed by atoms with E-state index in [-0.39, 0.29) is 0 Å². The number of hydrogen-bond acceptors (Lipinski definition) is 3. The van der Waals surface area contributed by atoms with Crippen LogP contribution < -0.4 is 4.90 Å². The van der Waals surface area contributed by atoms with E-state index in [0.29, 0.717) is 6.04 Å². The molecule has 1 aromatic rings. The molecule has 0 amide bonds. The van der Waals surface area contributed by atoms with E-state index < -0.39 is 0 Å². The third kappa shape index (κ3) is 2.27. The van der Waals surface area contributed by atoms with Gasteiger partial charge >= 0.3 is 0 Å². The van der Waals surface area contributed by atoms with Crippen molar-refractivity contribution in [2.75, 3.05) is 25.0 Å². The highest BCUT2D eigenvalue weighted by Crippen LogP contribution is 2.31. The molecule has 0 spiro atoms. The number of carbonyl (C=O) groups excluding carboxylic acids is 1. The summed E-state index contributed by atoms with van der Waals surface area (Å²) >= 11 is 0. The molecule has 0 N–H and O–H groups in total. The van der Waals surface area contributed by atoms with E-state index in [1.54, 1.807) is 0 Å². The lowest BCUT2D eigenvalue weighted by molar-refractivity contribution is 0.112. The van der Waals surface area contributed by atoms with Crippen LogP contribution in [0.1, 0.15) is 35.2 Å². The highest BCUT2D eigenvalue weighted by molar-refractivity contribution is 5.85. The molecule has 19 heavy (non-hydrogen) atoms. The molecule has 2 bridgehead atoms. The molecule has 102 valence electrons. The minimum absolute atomic E-state index is 0.647. The number of aryl methyl sites for hydroxylation is 1. The molecule has 2 aliphatic heterocycles. The van der Waals surface area contributed by atoms with Crippen LogP contribution >= 0.6 is 0 Å². The SMILES string of the molecule is Cc1ccc(N2CCC3CCC(C2)N3C)c(C=O)c1. The van der Waals surface area contributed by atoms with Crippen molar-refractivity contribution >= 4 is 12.0 Å². The van der Waals surface area contributed by atoms with Gasteiger partial charge in [-0.3, -0.25) is 9.69 Å². The Labute approximate surface area is 115 Å². The van der Waals surface area contributed by atoms with Crippen molar-refractivity contribution in [3.05, 3.63) is 29.3 Å². The summed E-state index contributed by atoms with van der Waals surface area (Å²) in [5.41, 5.74) is 3.10. The zero-order chi connectivity index (χ0) is 13.4. The molecule has 0 radical (unpaired) electrons. The average molecular weight is 258 g/mol. The van der Waals surface area contributed by atoms with Crippen LogP contribution in [0.2, 0.25) is 0 Å². The second-order valence-corrected chi connectivity index (χ2v) is 5.97. The molecule has 3 nitrogen and oxygen atoms in total. The smallest absolute Gasteiger partial charge is 0.152 e. The Bertz CT molecular complexity index is 486. The second-order valence-electron chi connectivity index (χ2n) is 5.97. The van der Waals surface area contributed by atoms with E-state index in [0.717, 1.165) is 42.2 Å². The molecule has 0 aliphatic carbocycles. The first-order chi connectivity index (χ1) is 9.19. The topological polar surface area (TPSA) is 23.6 Å². The van der Waals surface area contributed by atoms with Gasteiger partial charge in [0.05, 0.1) is 0 Å². The first-order valence-corrected chi connectivity index (χ1v) is 7.22. The van der Waals surface area contributed by atoms with Gasteiger partial charge in [-0.15, -0.1) is 0 Å². The molecule has 0 saturated carbocycles. The number of carbonyl (C=O) groups is 1. The summed E-state index contributed by atoms with van der Waals surface area (Å²) in [7, 11) is 2.25. The summed E-state index contributed by atoms with van der Waals surface area (Å²) in [6.07, 6.45) is 4.83. The summed E-state index contributed by atoms with van der Waals surface area (Å²) in [4.78, 5) is 16.2. The van der Waals surface area contributed by atoms with Gasteiger partial charge in [0, 0.05) is 36.4 Å². The van der Waals surface area contributed by atoms with Gasteiger partial charge in [0.2, 0.25) is 0 Å². The van der Waals surface area contributed by atoms with E-state index in [1.807, 2.05) is 13.0 Å². The summed E-state index contributed by atoms with van der Waals surface area (Å²) in [5, 5.41) is 0. The van der Waals surface area contributed by atoms with Crippen LogP contribution in [-0.4, -0.2) is 43.4 Å². The Morgan fingerprint density at radius 3 is 2.79 bits per heavy atom. The highest BCUT2D eigenvalue weighted by Gasteiger charge is 2.34. The van der Waals surface area contributed by atoms with Crippen molar-refractivity contribution in [1.29, 1.82) is 0 Å². The number of anilines is 1. The van der Waals surface area contributed by atoms with Crippen molar-refractivity contribution in [3.8, 4) is 0 Å². The average Bonchev–Trinajstić information content (AvgIpc) is 2.64. The third-order valence-corrected chi connectivity index (χ3v) is 4.80. The van der Waals surface area contributed by atoms with Crippen LogP contribution in [0, 0.1) is 6.92 Å². The van der Waals surface area contributed by atoms with E-state index in [4.69, 9.17) is 0 Å². The first-order valence-electron chi connectivity index (χ1n) is 7.22. The number of rotatable bonds is 2. The van der Waals surface area contributed by atoms with Gasteiger partial charge in [-0.05, 0) is 45.4 Å². The number of likely N-dealkylation sites (N-methyl/N-ethyl adjacent to an activating group) is 1. The highest BCUT2D eigenvalue weighted by atomic mass is 16.1. The number of nitrogens with zero attached hydrogens (tertiary/aromatic N) is 2. The monoisotopic (exact) mass is 258 g/mol. The van der Waals surface area contributed by atoms with Crippen molar-refractivity contribution in [1.82, 2.24) is 4.90 Å². The standard InChI is InChI=1S/C16H22N2O/c1-12-3-6-16(13(9-12)11-19)18-8-7-14-4-5-15(10-18)17(14)2/h3,6,9,11,14-15H,4-5,7-8,10H2,1-2H3. The predicted octanol–water partition coefficient (Wildman–Crippen LogP) is 2.48. The molecule has 2 unspecified atom stereocenters. The number of fused-ring (bicyclic) bond motifs is 2. The molecule has 2 heterocycles. The van der Waals surface area contributed by atoms with Gasteiger partial charge in [0.15, 0.2) is 6.29 Å². The third-order valence-electron chi connectivity index (χ3n) is 4.80. The number of benzene rings is 1. The lowest BCUT2D eigenvalue weighted by Gasteiger charge is -2.28. The summed E-state index contributed by atoms with van der Waals surface area (Å²) in [6.45, 7) is 4.15. The summed E-state index contributed by atoms with van der Waals surface area (Å²) < 4.78 is 0. The quantitative estimate of drug-likeness (QED) is 0.761. The molecular formula is C16H22N2O. The Hall–Kier alpha value is -1.35. The van der Waals surface area contributed by atoms with E-state index >= 15 is 0 Å². The summed E-state index contributed by atoms with van der Waals surface area (Å²) in [6, 6.07) is 7.59. The van der Waals surface area contributed by atoms with Gasteiger partial charge in [-0.1, -0.05) is 11.6 Å². The molecule has 3 rings (SSSR count). The van der Waals surface area contributed by atoms with E-state index in [9.17, 15) is 4.79 Å². The molecule has 2 atom stereocenters. The van der Waals surface area contributed by atoms with Crippen molar-refractivity contribution in [2.45, 2.75) is 38.3 Å². The van der Waals surface area contributed by atoms with Crippen LogP contribution in [-0.2, 0) is 0 Å². The Morgan fingerprint density at radius 1 is 1.21 bits per heavy atom. The zero-order valence-corrected chi connectivity index (χ0v) is 11.8. The minimum atomic E-state index is 0.647. The lowest BCUT2D eigenvalue weighted by atomic mass is 10.1. The van der Waals surface area contributed by atoms with Crippen LogP contribution in [0.3, 0.4) is 0 Å². The molecular weight excluding hydrogens is 236 g/mol. The number of hydrogen-bond donors (Lipinski definition) is 0.